The van der Waals surface area contributed by atoms with Crippen molar-refractivity contribution in [2.45, 2.75) is 32.4 Å². The van der Waals surface area contributed by atoms with Crippen LogP contribution in [0.5, 0.6) is 11.5 Å². The van der Waals surface area contributed by atoms with Crippen LogP contribution in [0, 0.1) is 0 Å². The van der Waals surface area contributed by atoms with Crippen molar-refractivity contribution in [1.29, 1.82) is 0 Å². The predicted molar refractivity (Wildman–Crippen MR) is 133 cm³/mol. The average molecular weight is 478 g/mol. The lowest BCUT2D eigenvalue weighted by atomic mass is 10.1. The number of methoxy groups -OCH3 is 2. The van der Waals surface area contributed by atoms with Gasteiger partial charge in [0.25, 0.3) is 11.8 Å². The van der Waals surface area contributed by atoms with Crippen molar-refractivity contribution in [3.8, 4) is 11.5 Å². The molecule has 1 fully saturated rings. The Morgan fingerprint density at radius 2 is 1.60 bits per heavy atom. The smallest absolute Gasteiger partial charge is 0.291 e. The molecule has 184 valence electrons. The van der Waals surface area contributed by atoms with Crippen LogP contribution in [0.2, 0.25) is 0 Å². The monoisotopic (exact) mass is 477 g/mol. The molecule has 0 atom stereocenters. The largest absolute Gasteiger partial charge is 0.493 e. The zero-order valence-corrected chi connectivity index (χ0v) is 20.1. The number of ether oxygens (including phenoxy) is 2. The minimum atomic E-state index is -0.472. The summed E-state index contributed by atoms with van der Waals surface area (Å²) < 4.78 is 15.9. The van der Waals surface area contributed by atoms with Crippen molar-refractivity contribution < 1.29 is 23.5 Å². The second-order valence-electron chi connectivity index (χ2n) is 8.52. The first-order valence-corrected chi connectivity index (χ1v) is 11.8. The Bertz CT molecular complexity index is 1140. The quantitative estimate of drug-likeness (QED) is 0.473. The number of hydrogen-bond donors (Lipinski definition) is 2. The van der Waals surface area contributed by atoms with Gasteiger partial charge in [0.1, 0.15) is 0 Å². The van der Waals surface area contributed by atoms with E-state index in [1.807, 2.05) is 12.1 Å². The summed E-state index contributed by atoms with van der Waals surface area (Å²) in [5.74, 6) is 0.0910. The van der Waals surface area contributed by atoms with Crippen LogP contribution in [-0.4, -0.2) is 44.0 Å². The fourth-order valence-electron chi connectivity index (χ4n) is 4.18. The number of likely N-dealkylation sites (tertiary alicyclic amines) is 1. The van der Waals surface area contributed by atoms with Gasteiger partial charge in [0.15, 0.2) is 17.3 Å². The van der Waals surface area contributed by atoms with Crippen molar-refractivity contribution >= 4 is 17.5 Å². The number of piperidine rings is 1. The number of hydrogen-bond acceptors (Lipinski definition) is 6. The molecule has 1 aliphatic rings. The van der Waals surface area contributed by atoms with Gasteiger partial charge in [-0.3, -0.25) is 14.5 Å². The molecular formula is C27H31N3O5. The number of furan rings is 1. The lowest BCUT2D eigenvalue weighted by molar-refractivity contribution is 0.0951. The van der Waals surface area contributed by atoms with E-state index in [0.717, 1.165) is 25.2 Å². The molecule has 8 heteroatoms. The maximum absolute atomic E-state index is 13.1. The van der Waals surface area contributed by atoms with Gasteiger partial charge in [-0.2, -0.15) is 0 Å². The summed E-state index contributed by atoms with van der Waals surface area (Å²) >= 11 is 0. The number of rotatable bonds is 9. The molecule has 1 aromatic heterocycles. The summed E-state index contributed by atoms with van der Waals surface area (Å²) in [7, 11) is 2.98. The Balaban J connectivity index is 1.45. The van der Waals surface area contributed by atoms with Crippen LogP contribution < -0.4 is 20.1 Å². The molecule has 0 bridgehead atoms. The highest BCUT2D eigenvalue weighted by Gasteiger charge is 2.20. The number of carbonyl (C=O) groups is 2. The molecule has 0 aliphatic carbocycles. The number of nitrogens with zero attached hydrogens (tertiary/aromatic N) is 1. The van der Waals surface area contributed by atoms with Crippen molar-refractivity contribution in [2.24, 2.45) is 0 Å². The van der Waals surface area contributed by atoms with Gasteiger partial charge in [-0.1, -0.05) is 30.7 Å². The summed E-state index contributed by atoms with van der Waals surface area (Å²) in [6, 6.07) is 14.6. The van der Waals surface area contributed by atoms with Gasteiger partial charge in [-0.05, 0) is 55.3 Å². The molecule has 1 saturated heterocycles. The molecule has 35 heavy (non-hydrogen) atoms. The molecule has 3 aromatic rings. The van der Waals surface area contributed by atoms with Crippen LogP contribution in [0.25, 0.3) is 0 Å². The Morgan fingerprint density at radius 3 is 2.26 bits per heavy atom. The number of amides is 2. The van der Waals surface area contributed by atoms with Crippen molar-refractivity contribution in [2.75, 3.05) is 32.6 Å². The second-order valence-corrected chi connectivity index (χ2v) is 8.52. The van der Waals surface area contributed by atoms with Crippen LogP contribution in [-0.2, 0) is 13.1 Å². The lowest BCUT2D eigenvalue weighted by Gasteiger charge is -2.26. The van der Waals surface area contributed by atoms with Gasteiger partial charge < -0.3 is 24.5 Å². The predicted octanol–water partition coefficient (Wildman–Crippen LogP) is 4.47. The second kappa shape index (κ2) is 11.6. The Labute approximate surface area is 205 Å². The first-order chi connectivity index (χ1) is 17.1. The Morgan fingerprint density at radius 1 is 0.914 bits per heavy atom. The van der Waals surface area contributed by atoms with Crippen LogP contribution >= 0.6 is 0 Å². The highest BCUT2D eigenvalue weighted by Crippen LogP contribution is 2.33. The third-order valence-corrected chi connectivity index (χ3v) is 6.09. The molecule has 2 amide bonds. The lowest BCUT2D eigenvalue weighted by Crippen LogP contribution is -2.29. The average Bonchev–Trinajstić information content (AvgIpc) is 3.44. The van der Waals surface area contributed by atoms with Crippen LogP contribution in [0.1, 0.15) is 51.3 Å². The molecule has 0 saturated carbocycles. The van der Waals surface area contributed by atoms with E-state index in [0.29, 0.717) is 23.7 Å². The number of benzene rings is 2. The van der Waals surface area contributed by atoms with Crippen LogP contribution in [0.3, 0.4) is 0 Å². The molecular weight excluding hydrogens is 446 g/mol. The summed E-state index contributed by atoms with van der Waals surface area (Å²) in [4.78, 5) is 28.1. The number of anilines is 1. The van der Waals surface area contributed by atoms with E-state index in [2.05, 4.69) is 27.7 Å². The minimum Gasteiger partial charge on any atom is -0.493 e. The van der Waals surface area contributed by atoms with E-state index in [1.165, 1.54) is 45.3 Å². The summed E-state index contributed by atoms with van der Waals surface area (Å²) in [6.07, 6.45) is 5.27. The zero-order chi connectivity index (χ0) is 24.6. The minimum absolute atomic E-state index is 0.135. The van der Waals surface area contributed by atoms with Gasteiger partial charge in [0.2, 0.25) is 0 Å². The van der Waals surface area contributed by atoms with Gasteiger partial charge in [-0.25, -0.2) is 0 Å². The van der Waals surface area contributed by atoms with Gasteiger partial charge in [0, 0.05) is 19.2 Å². The van der Waals surface area contributed by atoms with E-state index >= 15 is 0 Å². The van der Waals surface area contributed by atoms with Crippen molar-refractivity contribution in [1.82, 2.24) is 10.2 Å². The van der Waals surface area contributed by atoms with E-state index in [-0.39, 0.29) is 17.2 Å². The molecule has 0 unspecified atom stereocenters. The van der Waals surface area contributed by atoms with E-state index in [4.69, 9.17) is 13.9 Å². The van der Waals surface area contributed by atoms with Crippen molar-refractivity contribution in [3.63, 3.8) is 0 Å². The third kappa shape index (κ3) is 6.22. The summed E-state index contributed by atoms with van der Waals surface area (Å²) in [5.41, 5.74) is 2.80. The standard InChI is InChI=1S/C27H31N3O5/c1-33-24-15-21(22(16-25(24)34-2)29-27(32)23-7-6-14-35-23)26(31)28-17-19-8-10-20(11-9-19)18-30-12-4-3-5-13-30/h6-11,14-16H,3-5,12-13,17-18H2,1-2H3,(H,28,31)(H,29,32). The molecule has 8 nitrogen and oxygen atoms in total. The van der Waals surface area contributed by atoms with E-state index in [1.54, 1.807) is 24.3 Å². The number of nitrogens with one attached hydrogen (secondary N) is 2. The Hall–Kier alpha value is -3.78. The molecule has 4 rings (SSSR count). The maximum Gasteiger partial charge on any atom is 0.291 e. The third-order valence-electron chi connectivity index (χ3n) is 6.09. The van der Waals surface area contributed by atoms with Gasteiger partial charge in [0.05, 0.1) is 31.7 Å². The van der Waals surface area contributed by atoms with E-state index in [9.17, 15) is 9.59 Å². The summed E-state index contributed by atoms with van der Waals surface area (Å²) in [6.45, 7) is 3.61. The Kier molecular flexibility index (Phi) is 8.05. The topological polar surface area (TPSA) is 93.0 Å². The van der Waals surface area contributed by atoms with Crippen molar-refractivity contribution in [3.05, 3.63) is 77.2 Å². The first-order valence-electron chi connectivity index (χ1n) is 11.8. The maximum atomic E-state index is 13.1. The zero-order valence-electron chi connectivity index (χ0n) is 20.1. The molecule has 0 spiro atoms. The highest BCUT2D eigenvalue weighted by atomic mass is 16.5. The fourth-order valence-corrected chi connectivity index (χ4v) is 4.18. The highest BCUT2D eigenvalue weighted by molar-refractivity contribution is 6.08. The van der Waals surface area contributed by atoms with E-state index < -0.39 is 5.91 Å². The first kappa shape index (κ1) is 24.3. The number of carbonyl (C=O) groups excluding carboxylic acids is 2. The molecule has 2 N–H and O–H groups in total. The van der Waals surface area contributed by atoms with Crippen LogP contribution in [0.4, 0.5) is 5.69 Å². The van der Waals surface area contributed by atoms with Gasteiger partial charge in [-0.15, -0.1) is 0 Å². The molecule has 0 radical (unpaired) electrons. The fraction of sp³-hybridized carbons (Fsp3) is 0.333. The SMILES string of the molecule is COc1cc(NC(=O)c2ccco2)c(C(=O)NCc2ccc(CN3CCCCC3)cc2)cc1OC. The molecule has 2 heterocycles. The summed E-state index contributed by atoms with van der Waals surface area (Å²) in [5, 5.41) is 5.66. The van der Waals surface area contributed by atoms with Crippen LogP contribution in [0.15, 0.2) is 59.2 Å². The normalized spacial score (nSPS) is 13.8. The molecule has 1 aliphatic heterocycles. The molecule has 2 aromatic carbocycles. The van der Waals surface area contributed by atoms with Gasteiger partial charge >= 0.3 is 0 Å².